The normalized spacial score (nSPS) is 12.7. The van der Waals surface area contributed by atoms with Crippen LogP contribution in [-0.4, -0.2) is 4.98 Å². The molecule has 0 radical (unpaired) electrons. The van der Waals surface area contributed by atoms with Crippen LogP contribution in [0.4, 0.5) is 57.0 Å². The molecule has 0 bridgehead atoms. The first-order valence-corrected chi connectivity index (χ1v) is 23.5. The molecular weight excluding hydrogens is 1040 g/mol. The molecule has 8 aromatic carbocycles. The third-order valence-electron chi connectivity index (χ3n) is 13.2. The number of nitriles is 1. The number of fused-ring (bicyclic) bond motifs is 6. The van der Waals surface area contributed by atoms with Gasteiger partial charge in [0.25, 0.3) is 0 Å². The van der Waals surface area contributed by atoms with E-state index in [1.807, 2.05) is 30.5 Å². The van der Waals surface area contributed by atoms with E-state index in [1.165, 1.54) is 11.1 Å². The molecule has 0 atom stereocenters. The van der Waals surface area contributed by atoms with Crippen LogP contribution in [0.3, 0.4) is 0 Å². The summed E-state index contributed by atoms with van der Waals surface area (Å²) in [5, 5.41) is 10.2. The molecule has 70 heavy (non-hydrogen) atoms. The van der Waals surface area contributed by atoms with E-state index in [9.17, 15) is 5.26 Å². The summed E-state index contributed by atoms with van der Waals surface area (Å²) < 4.78 is 0. The van der Waals surface area contributed by atoms with Crippen LogP contribution in [0.15, 0.2) is 194 Å². The molecule has 11 rings (SSSR count). The van der Waals surface area contributed by atoms with E-state index in [1.54, 1.807) is 0 Å². The van der Waals surface area contributed by atoms with Crippen LogP contribution >= 0.6 is 0 Å². The van der Waals surface area contributed by atoms with Crippen LogP contribution in [0.25, 0.3) is 33.4 Å². The Morgan fingerprint density at radius 3 is 1.91 bits per heavy atom. The second-order valence-electron chi connectivity index (χ2n) is 19.8. The molecule has 9 aromatic rings. The number of nitrogens with zero attached hydrogens (tertiary/aromatic N) is 6. The summed E-state index contributed by atoms with van der Waals surface area (Å²) >= 11 is 0. The van der Waals surface area contributed by atoms with Gasteiger partial charge in [0.2, 0.25) is 0 Å². The van der Waals surface area contributed by atoms with Crippen molar-refractivity contribution in [3.05, 3.63) is 230 Å². The number of hydrogen-bond donors (Lipinski definition) is 0. The summed E-state index contributed by atoms with van der Waals surface area (Å²) in [6.07, 6.45) is 1.88. The number of benzene rings is 8. The van der Waals surface area contributed by atoms with Gasteiger partial charge in [-0.15, -0.1) is 53.8 Å². The Hall–Kier alpha value is -7.71. The van der Waals surface area contributed by atoms with Crippen molar-refractivity contribution in [1.82, 2.24) is 4.98 Å². The molecule has 0 fully saturated rings. The molecule has 346 valence electrons. The molecule has 0 N–H and O–H groups in total. The molecular formula is C63H51N6Pt-3. The van der Waals surface area contributed by atoms with Gasteiger partial charge in [0.15, 0.2) is 0 Å². The van der Waals surface area contributed by atoms with Gasteiger partial charge in [0.1, 0.15) is 5.82 Å². The minimum absolute atomic E-state index is 0. The predicted molar refractivity (Wildman–Crippen MR) is 285 cm³/mol. The average molecular weight is 1090 g/mol. The van der Waals surface area contributed by atoms with Gasteiger partial charge in [0.05, 0.1) is 17.3 Å². The van der Waals surface area contributed by atoms with Gasteiger partial charge in [-0.25, -0.2) is 4.98 Å². The zero-order valence-electron chi connectivity index (χ0n) is 40.1. The maximum atomic E-state index is 10.2. The van der Waals surface area contributed by atoms with Crippen LogP contribution in [0, 0.1) is 30.1 Å². The summed E-state index contributed by atoms with van der Waals surface area (Å²) in [5.41, 5.74) is 17.6. The second-order valence-corrected chi connectivity index (χ2v) is 19.8. The number of anilines is 10. The summed E-state index contributed by atoms with van der Waals surface area (Å²) in [6, 6.07) is 76.3. The fourth-order valence-electron chi connectivity index (χ4n) is 9.51. The Kier molecular flexibility index (Phi) is 12.0. The largest absolute Gasteiger partial charge is 0.493 e. The molecule has 0 saturated carbocycles. The van der Waals surface area contributed by atoms with Crippen LogP contribution in [0.5, 0.6) is 0 Å². The number of pyridine rings is 1. The third-order valence-corrected chi connectivity index (χ3v) is 13.2. The third kappa shape index (κ3) is 8.46. The molecule has 6 nitrogen and oxygen atoms in total. The van der Waals surface area contributed by atoms with Crippen molar-refractivity contribution >= 4 is 57.0 Å². The summed E-state index contributed by atoms with van der Waals surface area (Å²) in [5.74, 6) is 0.737. The second kappa shape index (κ2) is 18.3. The maximum absolute atomic E-state index is 10.2. The smallest absolute Gasteiger partial charge is 0.136 e. The summed E-state index contributed by atoms with van der Waals surface area (Å²) in [6.45, 7) is 15.8. The van der Waals surface area contributed by atoms with Crippen molar-refractivity contribution in [2.45, 2.75) is 52.4 Å². The van der Waals surface area contributed by atoms with Crippen molar-refractivity contribution < 1.29 is 21.1 Å². The van der Waals surface area contributed by atoms with E-state index >= 15 is 0 Å². The van der Waals surface area contributed by atoms with E-state index in [0.29, 0.717) is 5.56 Å². The van der Waals surface area contributed by atoms with Crippen molar-refractivity contribution in [1.29, 1.82) is 5.26 Å². The zero-order valence-corrected chi connectivity index (χ0v) is 42.3. The molecule has 0 amide bonds. The van der Waals surface area contributed by atoms with Crippen molar-refractivity contribution in [3.63, 3.8) is 0 Å². The predicted octanol–water partition coefficient (Wildman–Crippen LogP) is 16.8. The molecule has 0 aliphatic carbocycles. The molecule has 0 spiro atoms. The number of para-hydroxylation sites is 3. The van der Waals surface area contributed by atoms with Gasteiger partial charge in [-0.05, 0) is 99.8 Å². The first kappa shape index (κ1) is 46.0. The molecule has 3 heterocycles. The molecule has 1 aromatic heterocycles. The molecule has 0 unspecified atom stereocenters. The van der Waals surface area contributed by atoms with Crippen molar-refractivity contribution in [3.8, 4) is 39.4 Å². The van der Waals surface area contributed by atoms with E-state index in [0.717, 1.165) is 90.4 Å². The van der Waals surface area contributed by atoms with Crippen LogP contribution in [0.1, 0.15) is 58.2 Å². The molecule has 2 aliphatic heterocycles. The number of hydrogen-bond acceptors (Lipinski definition) is 6. The topological polar surface area (TPSA) is 49.6 Å². The molecule has 0 saturated heterocycles. The van der Waals surface area contributed by atoms with E-state index in [4.69, 9.17) is 4.98 Å². The Morgan fingerprint density at radius 2 is 1.20 bits per heavy atom. The van der Waals surface area contributed by atoms with E-state index < -0.39 is 0 Å². The molecule has 2 aliphatic rings. The van der Waals surface area contributed by atoms with E-state index in [2.05, 4.69) is 250 Å². The minimum atomic E-state index is -0.208. The van der Waals surface area contributed by atoms with Gasteiger partial charge >= 0.3 is 0 Å². The zero-order chi connectivity index (χ0) is 47.4. The number of rotatable bonds is 7. The van der Waals surface area contributed by atoms with Crippen molar-refractivity contribution in [2.75, 3.05) is 19.6 Å². The Bertz CT molecular complexity index is 3440. The fraction of sp³-hybridized carbons (Fsp3) is 0.127. The van der Waals surface area contributed by atoms with Crippen molar-refractivity contribution in [2.24, 2.45) is 0 Å². The Labute approximate surface area is 427 Å². The summed E-state index contributed by atoms with van der Waals surface area (Å²) in [7, 11) is 0. The quantitative estimate of drug-likeness (QED) is 0.148. The first-order valence-electron chi connectivity index (χ1n) is 23.5. The average Bonchev–Trinajstić information content (AvgIpc) is 3.72. The SMILES string of the molecule is CC(C)(C)c1cc(N2[CH-]N(c3cccc(C(C)(C)C)c3)c3ccccc32)[c-]c(N(c2[c-]c3c(cc2)-c2ccccc2-c2cc(C#N)ccc2N3c2cc(-c3ccccc3)ccn2)c2ccccc2)c1.[Pt]. The Morgan fingerprint density at radius 1 is 0.529 bits per heavy atom. The van der Waals surface area contributed by atoms with Gasteiger partial charge in [-0.1, -0.05) is 161 Å². The van der Waals surface area contributed by atoms with E-state index in [-0.39, 0.29) is 31.9 Å². The number of aromatic nitrogens is 1. The first-order chi connectivity index (χ1) is 33.4. The monoisotopic (exact) mass is 1090 g/mol. The van der Waals surface area contributed by atoms with Gasteiger partial charge in [-0.2, -0.15) is 11.3 Å². The molecule has 7 heteroatoms. The van der Waals surface area contributed by atoms with Gasteiger partial charge in [-0.3, -0.25) is 0 Å². The minimum Gasteiger partial charge on any atom is -0.493 e. The van der Waals surface area contributed by atoms with Crippen LogP contribution in [-0.2, 0) is 31.9 Å². The van der Waals surface area contributed by atoms with Crippen LogP contribution < -0.4 is 19.6 Å². The van der Waals surface area contributed by atoms with Gasteiger partial charge in [0, 0.05) is 55.6 Å². The van der Waals surface area contributed by atoms with Crippen LogP contribution in [0.2, 0.25) is 0 Å². The fourth-order valence-corrected chi connectivity index (χ4v) is 9.51. The van der Waals surface area contributed by atoms with Gasteiger partial charge < -0.3 is 19.6 Å². The Balaban J connectivity index is 0.00000567. The summed E-state index contributed by atoms with van der Waals surface area (Å²) in [4.78, 5) is 14.1. The standard InChI is InChI=1S/C63H51N6.Pt/c1-62(2,3)46-20-17-23-49(36-46)66-42-67(59-27-16-15-26-58(59)66)51-37-47(63(4,5)6)38-52(39-51)68(48-21-11-8-12-22-48)50-29-30-55-53-24-13-14-25-54(53)56-34-43(41-64)28-31-57(56)69(60(55)40-50)61-35-45(32-33-65-61)44-18-9-7-10-19-44;/h7-38,42H,1-6H3;/q-3;. The maximum Gasteiger partial charge on any atom is 0.136 e.